The fraction of sp³-hybridized carbons (Fsp3) is 0.727. The van der Waals surface area contributed by atoms with Gasteiger partial charge in [0.25, 0.3) is 0 Å². The van der Waals surface area contributed by atoms with Crippen molar-refractivity contribution in [3.05, 3.63) is 0 Å². The maximum atomic E-state index is 10.9. The van der Waals surface area contributed by atoms with Crippen molar-refractivity contribution in [1.82, 2.24) is 0 Å². The van der Waals surface area contributed by atoms with E-state index in [2.05, 4.69) is 11.8 Å². The van der Waals surface area contributed by atoms with Crippen molar-refractivity contribution in [2.75, 3.05) is 0 Å². The molecule has 1 aliphatic rings. The second-order valence-electron chi connectivity index (χ2n) is 3.62. The monoisotopic (exact) mass is 180 g/mol. The van der Waals surface area contributed by atoms with Crippen LogP contribution in [0.2, 0.25) is 0 Å². The fourth-order valence-corrected chi connectivity index (χ4v) is 2.01. The molecule has 0 spiro atoms. The first kappa shape index (κ1) is 10.1. The third kappa shape index (κ3) is 2.77. The van der Waals surface area contributed by atoms with Gasteiger partial charge in [-0.05, 0) is 25.7 Å². The highest BCUT2D eigenvalue weighted by molar-refractivity contribution is 5.70. The predicted molar refractivity (Wildman–Crippen MR) is 51.2 cm³/mol. The second kappa shape index (κ2) is 4.91. The van der Waals surface area contributed by atoms with Crippen LogP contribution in [0.15, 0.2) is 0 Å². The van der Waals surface area contributed by atoms with Crippen LogP contribution in [-0.4, -0.2) is 11.1 Å². The Morgan fingerprint density at radius 2 is 2.15 bits per heavy atom. The lowest BCUT2D eigenvalue weighted by molar-refractivity contribution is -0.144. The summed E-state index contributed by atoms with van der Waals surface area (Å²) in [6.45, 7) is 1.80. The summed E-state index contributed by atoms with van der Waals surface area (Å²) in [6.07, 6.45) is 4.86. The van der Waals surface area contributed by atoms with Crippen molar-refractivity contribution in [3.8, 4) is 11.8 Å². The van der Waals surface area contributed by atoms with Crippen LogP contribution in [0.5, 0.6) is 0 Å². The Bertz CT molecular complexity index is 234. The predicted octanol–water partition coefficient (Wildman–Crippen LogP) is 2.29. The molecule has 1 N–H and O–H groups in total. The van der Waals surface area contributed by atoms with Crippen molar-refractivity contribution in [1.29, 1.82) is 0 Å². The zero-order chi connectivity index (χ0) is 9.68. The van der Waals surface area contributed by atoms with Gasteiger partial charge in [-0.25, -0.2) is 0 Å². The summed E-state index contributed by atoms with van der Waals surface area (Å²) in [6, 6.07) is 0. The minimum absolute atomic E-state index is 0.144. The highest BCUT2D eigenvalue weighted by atomic mass is 16.4. The van der Waals surface area contributed by atoms with Gasteiger partial charge in [0.05, 0.1) is 5.92 Å². The molecule has 2 unspecified atom stereocenters. The molecule has 0 bridgehead atoms. The van der Waals surface area contributed by atoms with E-state index in [1.165, 1.54) is 6.42 Å². The first-order chi connectivity index (χ1) is 6.25. The molecular weight excluding hydrogens is 164 g/mol. The van der Waals surface area contributed by atoms with Crippen molar-refractivity contribution < 1.29 is 9.90 Å². The van der Waals surface area contributed by atoms with Crippen LogP contribution in [0.1, 0.15) is 39.0 Å². The van der Waals surface area contributed by atoms with Crippen molar-refractivity contribution in [3.63, 3.8) is 0 Å². The standard InChI is InChI=1S/C11H16O2/c1-2-3-6-9-7-4-5-8-10(9)11(12)13/h9-10H,4-8H2,1H3,(H,12,13). The van der Waals surface area contributed by atoms with E-state index in [9.17, 15) is 4.79 Å². The molecule has 13 heavy (non-hydrogen) atoms. The molecule has 1 fully saturated rings. The van der Waals surface area contributed by atoms with Gasteiger partial charge >= 0.3 is 5.97 Å². The van der Waals surface area contributed by atoms with Crippen LogP contribution in [0.4, 0.5) is 0 Å². The molecule has 0 aromatic carbocycles. The van der Waals surface area contributed by atoms with Crippen LogP contribution in [-0.2, 0) is 4.79 Å². The SMILES string of the molecule is CC#CCC1CCCCC1C(=O)O. The summed E-state index contributed by atoms with van der Waals surface area (Å²) in [5, 5.41) is 8.96. The number of aliphatic carboxylic acids is 1. The molecule has 1 rings (SSSR count). The van der Waals surface area contributed by atoms with E-state index < -0.39 is 5.97 Å². The molecule has 0 aliphatic heterocycles. The molecule has 0 saturated heterocycles. The average molecular weight is 180 g/mol. The molecule has 0 radical (unpaired) electrons. The summed E-state index contributed by atoms with van der Waals surface area (Å²) in [5.74, 6) is 5.33. The summed E-state index contributed by atoms with van der Waals surface area (Å²) in [7, 11) is 0. The lowest BCUT2D eigenvalue weighted by Gasteiger charge is -2.26. The van der Waals surface area contributed by atoms with Crippen molar-refractivity contribution >= 4 is 5.97 Å². The van der Waals surface area contributed by atoms with E-state index >= 15 is 0 Å². The van der Waals surface area contributed by atoms with Gasteiger partial charge in [0.1, 0.15) is 0 Å². The Labute approximate surface area is 79.3 Å². The van der Waals surface area contributed by atoms with Crippen molar-refractivity contribution in [2.45, 2.75) is 39.0 Å². The first-order valence-electron chi connectivity index (χ1n) is 4.88. The summed E-state index contributed by atoms with van der Waals surface area (Å²) < 4.78 is 0. The van der Waals surface area contributed by atoms with Crippen LogP contribution in [0.25, 0.3) is 0 Å². The van der Waals surface area contributed by atoms with Gasteiger partial charge in [-0.2, -0.15) is 0 Å². The minimum Gasteiger partial charge on any atom is -0.481 e. The number of carboxylic acids is 1. The summed E-state index contributed by atoms with van der Waals surface area (Å²) >= 11 is 0. The lowest BCUT2D eigenvalue weighted by atomic mass is 9.78. The summed E-state index contributed by atoms with van der Waals surface area (Å²) in [4.78, 5) is 10.9. The fourth-order valence-electron chi connectivity index (χ4n) is 2.01. The van der Waals surface area contributed by atoms with E-state index in [1.807, 2.05) is 0 Å². The smallest absolute Gasteiger partial charge is 0.306 e. The molecule has 72 valence electrons. The topological polar surface area (TPSA) is 37.3 Å². The Hall–Kier alpha value is -0.970. The molecule has 1 aliphatic carbocycles. The van der Waals surface area contributed by atoms with Gasteiger partial charge in [0.15, 0.2) is 0 Å². The van der Waals surface area contributed by atoms with Crippen LogP contribution in [0.3, 0.4) is 0 Å². The molecule has 0 aromatic rings. The molecule has 2 nitrogen and oxygen atoms in total. The number of carbonyl (C=O) groups is 1. The molecule has 0 amide bonds. The van der Waals surface area contributed by atoms with Gasteiger partial charge in [0, 0.05) is 6.42 Å². The minimum atomic E-state index is -0.636. The average Bonchev–Trinajstić information content (AvgIpc) is 2.15. The van der Waals surface area contributed by atoms with Crippen LogP contribution < -0.4 is 0 Å². The Morgan fingerprint density at radius 1 is 1.46 bits per heavy atom. The number of rotatable bonds is 2. The largest absolute Gasteiger partial charge is 0.481 e. The number of hydrogen-bond acceptors (Lipinski definition) is 1. The highest BCUT2D eigenvalue weighted by Crippen LogP contribution is 2.32. The molecule has 2 atom stereocenters. The normalized spacial score (nSPS) is 27.5. The Morgan fingerprint density at radius 3 is 2.77 bits per heavy atom. The second-order valence-corrected chi connectivity index (χ2v) is 3.62. The van der Waals surface area contributed by atoms with Crippen molar-refractivity contribution in [2.24, 2.45) is 11.8 Å². The lowest BCUT2D eigenvalue weighted by Crippen LogP contribution is -2.26. The van der Waals surface area contributed by atoms with Gasteiger partial charge < -0.3 is 5.11 Å². The van der Waals surface area contributed by atoms with Crippen LogP contribution in [0, 0.1) is 23.7 Å². The molecule has 2 heteroatoms. The van der Waals surface area contributed by atoms with Gasteiger partial charge in [0.2, 0.25) is 0 Å². The first-order valence-corrected chi connectivity index (χ1v) is 4.88. The van der Waals surface area contributed by atoms with Gasteiger partial charge in [-0.1, -0.05) is 12.8 Å². The van der Waals surface area contributed by atoms with E-state index in [0.717, 1.165) is 25.7 Å². The summed E-state index contributed by atoms with van der Waals surface area (Å²) in [5.41, 5.74) is 0. The third-order valence-electron chi connectivity index (χ3n) is 2.77. The van der Waals surface area contributed by atoms with Gasteiger partial charge in [-0.15, -0.1) is 11.8 Å². The number of hydrogen-bond donors (Lipinski definition) is 1. The maximum absolute atomic E-state index is 10.9. The Kier molecular flexibility index (Phi) is 3.82. The Balaban J connectivity index is 2.54. The highest BCUT2D eigenvalue weighted by Gasteiger charge is 2.29. The molecule has 1 saturated carbocycles. The maximum Gasteiger partial charge on any atom is 0.306 e. The molecule has 0 heterocycles. The third-order valence-corrected chi connectivity index (χ3v) is 2.77. The van der Waals surface area contributed by atoms with E-state index in [0.29, 0.717) is 5.92 Å². The molecule has 0 aromatic heterocycles. The number of carboxylic acid groups (broad SMARTS) is 1. The van der Waals surface area contributed by atoms with E-state index in [1.54, 1.807) is 6.92 Å². The van der Waals surface area contributed by atoms with Crippen LogP contribution >= 0.6 is 0 Å². The molecular formula is C11H16O2. The zero-order valence-electron chi connectivity index (χ0n) is 8.05. The van der Waals surface area contributed by atoms with Gasteiger partial charge in [-0.3, -0.25) is 4.79 Å². The van der Waals surface area contributed by atoms with E-state index in [-0.39, 0.29) is 5.92 Å². The zero-order valence-corrected chi connectivity index (χ0v) is 8.05. The quantitative estimate of drug-likeness (QED) is 0.662. The van der Waals surface area contributed by atoms with E-state index in [4.69, 9.17) is 5.11 Å².